The Morgan fingerprint density at radius 2 is 2.05 bits per heavy atom. The zero-order chi connectivity index (χ0) is 14.7. The van der Waals surface area contributed by atoms with Gasteiger partial charge in [0.15, 0.2) is 0 Å². The van der Waals surface area contributed by atoms with Gasteiger partial charge in [-0.2, -0.15) is 0 Å². The molecule has 4 heteroatoms. The summed E-state index contributed by atoms with van der Waals surface area (Å²) in [5.41, 5.74) is 2.80. The first-order chi connectivity index (χ1) is 10.3. The van der Waals surface area contributed by atoms with Gasteiger partial charge in [-0.1, -0.05) is 6.07 Å². The van der Waals surface area contributed by atoms with Gasteiger partial charge in [0, 0.05) is 28.6 Å². The third-order valence-corrected chi connectivity index (χ3v) is 5.36. The molecule has 1 heterocycles. The first kappa shape index (κ1) is 14.4. The van der Waals surface area contributed by atoms with Gasteiger partial charge in [-0.15, -0.1) is 11.8 Å². The molecule has 2 unspecified atom stereocenters. The van der Waals surface area contributed by atoms with Crippen LogP contribution in [0, 0.1) is 0 Å². The van der Waals surface area contributed by atoms with Crippen molar-refractivity contribution >= 4 is 11.8 Å². The summed E-state index contributed by atoms with van der Waals surface area (Å²) < 4.78 is 5.38. The van der Waals surface area contributed by atoms with Crippen molar-refractivity contribution in [3.05, 3.63) is 53.9 Å². The molecular formula is C17H20N2OS. The fraction of sp³-hybridized carbons (Fsp3) is 0.353. The van der Waals surface area contributed by atoms with E-state index in [2.05, 4.69) is 40.6 Å². The van der Waals surface area contributed by atoms with Crippen molar-refractivity contribution in [3.8, 4) is 5.75 Å². The van der Waals surface area contributed by atoms with Gasteiger partial charge in [0.2, 0.25) is 0 Å². The number of pyridine rings is 1. The summed E-state index contributed by atoms with van der Waals surface area (Å²) >= 11 is 1.93. The quantitative estimate of drug-likeness (QED) is 0.937. The van der Waals surface area contributed by atoms with Crippen LogP contribution in [0.2, 0.25) is 0 Å². The molecule has 0 amide bonds. The first-order valence-corrected chi connectivity index (χ1v) is 8.10. The maximum absolute atomic E-state index is 5.38. The summed E-state index contributed by atoms with van der Waals surface area (Å²) in [4.78, 5) is 5.37. The topological polar surface area (TPSA) is 34.1 Å². The SMILES string of the molecule is CNC1c2cc(OC)ccc2CCC1Sc1ccncc1. The monoisotopic (exact) mass is 300 g/mol. The Hall–Kier alpha value is -1.52. The van der Waals surface area contributed by atoms with E-state index in [9.17, 15) is 0 Å². The molecule has 0 bridgehead atoms. The van der Waals surface area contributed by atoms with Gasteiger partial charge >= 0.3 is 0 Å². The highest BCUT2D eigenvalue weighted by molar-refractivity contribution is 8.00. The molecule has 2 atom stereocenters. The van der Waals surface area contributed by atoms with Crippen molar-refractivity contribution in [2.75, 3.05) is 14.2 Å². The maximum Gasteiger partial charge on any atom is 0.119 e. The van der Waals surface area contributed by atoms with Crippen LogP contribution >= 0.6 is 11.8 Å². The van der Waals surface area contributed by atoms with Crippen LogP contribution in [0.5, 0.6) is 5.75 Å². The van der Waals surface area contributed by atoms with Crippen LogP contribution in [0.1, 0.15) is 23.6 Å². The first-order valence-electron chi connectivity index (χ1n) is 7.22. The Morgan fingerprint density at radius 1 is 1.24 bits per heavy atom. The van der Waals surface area contributed by atoms with Crippen molar-refractivity contribution in [2.45, 2.75) is 29.0 Å². The number of nitrogens with zero attached hydrogens (tertiary/aromatic N) is 1. The Balaban J connectivity index is 1.87. The van der Waals surface area contributed by atoms with Gasteiger partial charge in [0.05, 0.1) is 7.11 Å². The number of methoxy groups -OCH3 is 1. The number of thioether (sulfide) groups is 1. The molecule has 0 aliphatic heterocycles. The third-order valence-electron chi connectivity index (χ3n) is 4.01. The van der Waals surface area contributed by atoms with Gasteiger partial charge in [-0.05, 0) is 55.3 Å². The zero-order valence-corrected chi connectivity index (χ0v) is 13.2. The number of hydrogen-bond acceptors (Lipinski definition) is 4. The second-order valence-electron chi connectivity index (χ2n) is 5.21. The number of ether oxygens (including phenoxy) is 1. The predicted molar refractivity (Wildman–Crippen MR) is 87.0 cm³/mol. The summed E-state index contributed by atoms with van der Waals surface area (Å²) in [5, 5.41) is 4.01. The van der Waals surface area contributed by atoms with E-state index in [4.69, 9.17) is 4.74 Å². The van der Waals surface area contributed by atoms with E-state index in [-0.39, 0.29) is 0 Å². The van der Waals surface area contributed by atoms with Crippen LogP contribution in [0.25, 0.3) is 0 Å². The number of benzene rings is 1. The predicted octanol–water partition coefficient (Wildman–Crippen LogP) is 3.46. The number of rotatable bonds is 4. The molecule has 1 aromatic carbocycles. The molecule has 1 aromatic heterocycles. The highest BCUT2D eigenvalue weighted by atomic mass is 32.2. The molecule has 21 heavy (non-hydrogen) atoms. The van der Waals surface area contributed by atoms with E-state index in [1.54, 1.807) is 7.11 Å². The highest BCUT2D eigenvalue weighted by Gasteiger charge is 2.29. The van der Waals surface area contributed by atoms with Gasteiger partial charge < -0.3 is 10.1 Å². The molecule has 110 valence electrons. The maximum atomic E-state index is 5.38. The van der Waals surface area contributed by atoms with Gasteiger partial charge in [0.25, 0.3) is 0 Å². The van der Waals surface area contributed by atoms with Crippen molar-refractivity contribution in [3.63, 3.8) is 0 Å². The molecule has 1 aliphatic carbocycles. The molecular weight excluding hydrogens is 280 g/mol. The van der Waals surface area contributed by atoms with E-state index in [1.165, 1.54) is 22.4 Å². The Morgan fingerprint density at radius 3 is 2.76 bits per heavy atom. The lowest BCUT2D eigenvalue weighted by atomic mass is 9.87. The largest absolute Gasteiger partial charge is 0.497 e. The number of aromatic nitrogens is 1. The lowest BCUT2D eigenvalue weighted by molar-refractivity contribution is 0.411. The Bertz CT molecular complexity index is 603. The van der Waals surface area contributed by atoms with Crippen LogP contribution < -0.4 is 10.1 Å². The third kappa shape index (κ3) is 3.06. The lowest BCUT2D eigenvalue weighted by Crippen LogP contribution is -2.32. The number of hydrogen-bond donors (Lipinski definition) is 1. The Labute approximate surface area is 130 Å². The minimum atomic E-state index is 0.349. The van der Waals surface area contributed by atoms with Gasteiger partial charge in [0.1, 0.15) is 5.75 Å². The number of fused-ring (bicyclic) bond motifs is 1. The minimum absolute atomic E-state index is 0.349. The highest BCUT2D eigenvalue weighted by Crippen LogP contribution is 2.40. The van der Waals surface area contributed by atoms with Gasteiger partial charge in [-0.25, -0.2) is 0 Å². The average Bonchev–Trinajstić information content (AvgIpc) is 2.55. The van der Waals surface area contributed by atoms with Crippen LogP contribution in [-0.2, 0) is 6.42 Å². The molecule has 0 radical (unpaired) electrons. The van der Waals surface area contributed by atoms with Crippen LogP contribution in [-0.4, -0.2) is 24.4 Å². The summed E-state index contributed by atoms with van der Waals surface area (Å²) in [5.74, 6) is 0.934. The minimum Gasteiger partial charge on any atom is -0.497 e. The molecule has 1 N–H and O–H groups in total. The van der Waals surface area contributed by atoms with E-state index >= 15 is 0 Å². The number of nitrogens with one attached hydrogen (secondary N) is 1. The zero-order valence-electron chi connectivity index (χ0n) is 12.4. The molecule has 0 saturated heterocycles. The second kappa shape index (κ2) is 6.50. The van der Waals surface area contributed by atoms with Crippen LogP contribution in [0.4, 0.5) is 0 Å². The molecule has 3 rings (SSSR count). The van der Waals surface area contributed by atoms with Gasteiger partial charge in [-0.3, -0.25) is 4.98 Å². The summed E-state index contributed by atoms with van der Waals surface area (Å²) in [6.07, 6.45) is 6.02. The second-order valence-corrected chi connectivity index (χ2v) is 6.52. The normalized spacial score (nSPS) is 20.9. The summed E-state index contributed by atoms with van der Waals surface area (Å²) in [7, 11) is 3.77. The van der Waals surface area contributed by atoms with Crippen molar-refractivity contribution < 1.29 is 4.74 Å². The Kier molecular flexibility index (Phi) is 4.46. The van der Waals surface area contributed by atoms with Crippen molar-refractivity contribution in [2.24, 2.45) is 0 Å². The fourth-order valence-electron chi connectivity index (χ4n) is 2.94. The molecule has 2 aromatic rings. The molecule has 0 spiro atoms. The van der Waals surface area contributed by atoms with Crippen molar-refractivity contribution in [1.29, 1.82) is 0 Å². The van der Waals surface area contributed by atoms with Crippen LogP contribution in [0.15, 0.2) is 47.6 Å². The smallest absolute Gasteiger partial charge is 0.119 e. The molecule has 1 aliphatic rings. The van der Waals surface area contributed by atoms with E-state index in [1.807, 2.05) is 31.2 Å². The van der Waals surface area contributed by atoms with E-state index in [0.717, 1.165) is 12.2 Å². The fourth-order valence-corrected chi connectivity index (χ4v) is 4.22. The lowest BCUT2D eigenvalue weighted by Gasteiger charge is -2.33. The van der Waals surface area contributed by atoms with Crippen LogP contribution in [0.3, 0.4) is 0 Å². The summed E-state index contributed by atoms with van der Waals surface area (Å²) in [6, 6.07) is 10.9. The van der Waals surface area contributed by atoms with E-state index in [0.29, 0.717) is 11.3 Å². The van der Waals surface area contributed by atoms with E-state index < -0.39 is 0 Å². The molecule has 0 saturated carbocycles. The molecule has 0 fully saturated rings. The molecule has 3 nitrogen and oxygen atoms in total. The van der Waals surface area contributed by atoms with Crippen molar-refractivity contribution in [1.82, 2.24) is 10.3 Å². The summed E-state index contributed by atoms with van der Waals surface area (Å²) in [6.45, 7) is 0. The number of aryl methyl sites for hydroxylation is 1. The standard InChI is InChI=1S/C17H20N2OS/c1-18-17-15-11-13(20-2)5-3-12(15)4-6-16(17)21-14-7-9-19-10-8-14/h3,5,7-11,16-18H,4,6H2,1-2H3. The average molecular weight is 300 g/mol.